The van der Waals surface area contributed by atoms with Crippen molar-refractivity contribution in [3.63, 3.8) is 0 Å². The highest BCUT2D eigenvalue weighted by molar-refractivity contribution is 5.66. The Bertz CT molecular complexity index is 982. The van der Waals surface area contributed by atoms with Crippen molar-refractivity contribution in [3.8, 4) is 11.5 Å². The van der Waals surface area contributed by atoms with E-state index in [9.17, 15) is 4.79 Å². The first-order valence-corrected chi connectivity index (χ1v) is 11.5. The first kappa shape index (κ1) is 21.3. The summed E-state index contributed by atoms with van der Waals surface area (Å²) in [6.07, 6.45) is 3.72. The number of esters is 1. The second-order valence-corrected chi connectivity index (χ2v) is 8.88. The molecule has 2 aliphatic heterocycles. The van der Waals surface area contributed by atoms with E-state index in [4.69, 9.17) is 23.7 Å². The van der Waals surface area contributed by atoms with Gasteiger partial charge in [0.25, 0.3) is 0 Å². The molecule has 3 atom stereocenters. The SMILES string of the molecule is COC1C[C@H](OC(C)=O)C[C@H](c2ccc(C3CC3)c(Cc3ccc4c(c3)OCCO4)c2)O1. The lowest BCUT2D eigenvalue weighted by molar-refractivity contribution is -0.213. The molecule has 6 nitrogen and oxygen atoms in total. The molecule has 1 aliphatic carbocycles. The van der Waals surface area contributed by atoms with Crippen LogP contribution in [0.1, 0.15) is 66.9 Å². The number of ether oxygens (including phenoxy) is 5. The van der Waals surface area contributed by atoms with Crippen molar-refractivity contribution >= 4 is 5.97 Å². The Hall–Kier alpha value is -2.57. The zero-order chi connectivity index (χ0) is 22.1. The van der Waals surface area contributed by atoms with Crippen LogP contribution in [0.25, 0.3) is 0 Å². The average Bonchev–Trinajstić information content (AvgIpc) is 3.63. The minimum Gasteiger partial charge on any atom is -0.486 e. The molecule has 2 heterocycles. The molecule has 6 heteroatoms. The average molecular weight is 439 g/mol. The molecule has 1 unspecified atom stereocenters. The quantitative estimate of drug-likeness (QED) is 0.610. The molecule has 0 spiro atoms. The van der Waals surface area contributed by atoms with Crippen LogP contribution in [0.3, 0.4) is 0 Å². The Morgan fingerprint density at radius 1 is 1.03 bits per heavy atom. The summed E-state index contributed by atoms with van der Waals surface area (Å²) in [5, 5.41) is 0. The van der Waals surface area contributed by atoms with Gasteiger partial charge in [-0.1, -0.05) is 24.3 Å². The highest BCUT2D eigenvalue weighted by Crippen LogP contribution is 2.44. The molecular weight excluding hydrogens is 408 g/mol. The predicted octanol–water partition coefficient (Wildman–Crippen LogP) is 4.68. The van der Waals surface area contributed by atoms with Gasteiger partial charge in [-0.15, -0.1) is 0 Å². The van der Waals surface area contributed by atoms with Crippen molar-refractivity contribution in [2.24, 2.45) is 0 Å². The first-order valence-electron chi connectivity index (χ1n) is 11.5. The summed E-state index contributed by atoms with van der Waals surface area (Å²) in [6, 6.07) is 12.9. The Kier molecular flexibility index (Phi) is 6.07. The fourth-order valence-corrected chi connectivity index (χ4v) is 4.73. The van der Waals surface area contributed by atoms with Gasteiger partial charge in [-0.3, -0.25) is 4.79 Å². The maximum Gasteiger partial charge on any atom is 0.302 e. The molecule has 2 aromatic carbocycles. The number of methoxy groups -OCH3 is 1. The van der Waals surface area contributed by atoms with Gasteiger partial charge in [-0.2, -0.15) is 0 Å². The summed E-state index contributed by atoms with van der Waals surface area (Å²) in [6.45, 7) is 2.63. The van der Waals surface area contributed by atoms with Crippen LogP contribution < -0.4 is 9.47 Å². The van der Waals surface area contributed by atoms with E-state index in [1.807, 2.05) is 6.07 Å². The molecule has 0 radical (unpaired) electrons. The van der Waals surface area contributed by atoms with Gasteiger partial charge >= 0.3 is 5.97 Å². The lowest BCUT2D eigenvalue weighted by Crippen LogP contribution is -2.35. The molecule has 5 rings (SSSR count). The normalized spacial score (nSPS) is 24.8. The lowest BCUT2D eigenvalue weighted by atomic mass is 9.91. The summed E-state index contributed by atoms with van der Waals surface area (Å²) in [5.74, 6) is 2.01. The summed E-state index contributed by atoms with van der Waals surface area (Å²) in [7, 11) is 1.63. The van der Waals surface area contributed by atoms with Crippen molar-refractivity contribution in [2.45, 2.75) is 63.4 Å². The third kappa shape index (κ3) is 4.76. The van der Waals surface area contributed by atoms with Gasteiger partial charge in [-0.05, 0) is 59.6 Å². The van der Waals surface area contributed by atoms with E-state index < -0.39 is 0 Å². The number of rotatable bonds is 6. The zero-order valence-corrected chi connectivity index (χ0v) is 18.7. The largest absolute Gasteiger partial charge is 0.486 e. The molecule has 32 heavy (non-hydrogen) atoms. The van der Waals surface area contributed by atoms with E-state index in [1.165, 1.54) is 36.5 Å². The minimum absolute atomic E-state index is 0.176. The van der Waals surface area contributed by atoms with E-state index in [2.05, 4.69) is 30.3 Å². The number of carbonyl (C=O) groups is 1. The van der Waals surface area contributed by atoms with Crippen LogP contribution in [-0.2, 0) is 25.4 Å². The summed E-state index contributed by atoms with van der Waals surface area (Å²) < 4.78 is 28.6. The molecule has 0 amide bonds. The monoisotopic (exact) mass is 438 g/mol. The van der Waals surface area contributed by atoms with E-state index in [1.54, 1.807) is 7.11 Å². The topological polar surface area (TPSA) is 63.2 Å². The van der Waals surface area contributed by atoms with E-state index in [-0.39, 0.29) is 24.5 Å². The van der Waals surface area contributed by atoms with Crippen LogP contribution in [-0.4, -0.2) is 38.7 Å². The Morgan fingerprint density at radius 3 is 2.59 bits per heavy atom. The van der Waals surface area contributed by atoms with E-state index in [0.717, 1.165) is 23.5 Å². The fraction of sp³-hybridized carbons (Fsp3) is 0.500. The number of fused-ring (bicyclic) bond motifs is 1. The van der Waals surface area contributed by atoms with Crippen molar-refractivity contribution in [1.29, 1.82) is 0 Å². The smallest absolute Gasteiger partial charge is 0.302 e. The highest BCUT2D eigenvalue weighted by atomic mass is 16.7. The van der Waals surface area contributed by atoms with Crippen molar-refractivity contribution in [2.75, 3.05) is 20.3 Å². The molecule has 170 valence electrons. The van der Waals surface area contributed by atoms with Crippen LogP contribution in [0.15, 0.2) is 36.4 Å². The van der Waals surface area contributed by atoms with Crippen molar-refractivity contribution in [3.05, 3.63) is 58.7 Å². The third-order valence-corrected chi connectivity index (χ3v) is 6.40. The second kappa shape index (κ2) is 9.12. The van der Waals surface area contributed by atoms with E-state index in [0.29, 0.717) is 32.0 Å². The molecule has 0 bridgehead atoms. The summed E-state index contributed by atoms with van der Waals surface area (Å²) >= 11 is 0. The summed E-state index contributed by atoms with van der Waals surface area (Å²) in [4.78, 5) is 11.5. The Morgan fingerprint density at radius 2 is 1.84 bits per heavy atom. The number of hydrogen-bond acceptors (Lipinski definition) is 6. The molecule has 1 saturated heterocycles. The number of hydrogen-bond donors (Lipinski definition) is 0. The van der Waals surface area contributed by atoms with Gasteiger partial charge in [0, 0.05) is 26.9 Å². The number of benzene rings is 2. The Labute approximate surface area is 188 Å². The van der Waals surface area contributed by atoms with Crippen LogP contribution in [0.2, 0.25) is 0 Å². The zero-order valence-electron chi connectivity index (χ0n) is 18.7. The molecule has 0 aromatic heterocycles. The Balaban J connectivity index is 1.41. The fourth-order valence-electron chi connectivity index (χ4n) is 4.73. The molecule has 0 N–H and O–H groups in total. The van der Waals surface area contributed by atoms with Crippen LogP contribution in [0.5, 0.6) is 11.5 Å². The van der Waals surface area contributed by atoms with Crippen molar-refractivity contribution in [1.82, 2.24) is 0 Å². The van der Waals surface area contributed by atoms with Crippen molar-refractivity contribution < 1.29 is 28.5 Å². The van der Waals surface area contributed by atoms with Gasteiger partial charge in [0.2, 0.25) is 0 Å². The van der Waals surface area contributed by atoms with E-state index >= 15 is 0 Å². The summed E-state index contributed by atoms with van der Waals surface area (Å²) in [5.41, 5.74) is 5.03. The molecular formula is C26H30O6. The van der Waals surface area contributed by atoms with Crippen LogP contribution in [0.4, 0.5) is 0 Å². The highest BCUT2D eigenvalue weighted by Gasteiger charge is 2.33. The molecule has 2 fully saturated rings. The van der Waals surface area contributed by atoms with Gasteiger partial charge in [0.15, 0.2) is 17.8 Å². The third-order valence-electron chi connectivity index (χ3n) is 6.40. The van der Waals surface area contributed by atoms with Gasteiger partial charge < -0.3 is 23.7 Å². The predicted molar refractivity (Wildman–Crippen MR) is 118 cm³/mol. The second-order valence-electron chi connectivity index (χ2n) is 8.88. The maximum absolute atomic E-state index is 11.5. The first-order chi connectivity index (χ1) is 15.6. The van der Waals surface area contributed by atoms with Crippen LogP contribution >= 0.6 is 0 Å². The molecule has 1 saturated carbocycles. The lowest BCUT2D eigenvalue weighted by Gasteiger charge is -2.34. The number of carbonyl (C=O) groups excluding carboxylic acids is 1. The van der Waals surface area contributed by atoms with Crippen LogP contribution in [0, 0.1) is 0 Å². The van der Waals surface area contributed by atoms with Gasteiger partial charge in [0.1, 0.15) is 19.3 Å². The van der Waals surface area contributed by atoms with Gasteiger partial charge in [0.05, 0.1) is 6.10 Å². The van der Waals surface area contributed by atoms with Gasteiger partial charge in [-0.25, -0.2) is 0 Å². The molecule has 3 aliphatic rings. The standard InChI is InChI=1S/C26H30O6/c1-16(27)31-21-14-24(32-26(15-21)28-2)19-6-7-22(18-4-5-18)20(13-19)11-17-3-8-23-25(12-17)30-10-9-29-23/h3,6-8,12-13,18,21,24,26H,4-5,9-11,14-15H2,1-2H3/t21-,24-,26?/m1/s1. The maximum atomic E-state index is 11.5. The minimum atomic E-state index is -0.387. The molecule has 2 aromatic rings.